The Labute approximate surface area is 126 Å². The number of hydrogen-bond donors (Lipinski definition) is 2. The van der Waals surface area contributed by atoms with Crippen molar-refractivity contribution in [3.05, 3.63) is 5.56 Å². The molecule has 0 radical (unpaired) electrons. The van der Waals surface area contributed by atoms with Crippen molar-refractivity contribution >= 4 is 17.6 Å². The molecule has 1 aromatic heterocycles. The molecule has 2 rings (SSSR count). The number of carbonyl (C=O) groups excluding carboxylic acids is 1. The second-order valence-corrected chi connectivity index (χ2v) is 5.79. The minimum absolute atomic E-state index is 0.195. The molecular weight excluding hydrogens is 268 g/mol. The average molecular weight is 294 g/mol. The Morgan fingerprint density at radius 2 is 2.10 bits per heavy atom. The first-order valence-corrected chi connectivity index (χ1v) is 7.76. The zero-order valence-electron chi connectivity index (χ0n) is 13.3. The van der Waals surface area contributed by atoms with E-state index >= 15 is 0 Å². The van der Waals surface area contributed by atoms with Crippen LogP contribution in [0.1, 0.15) is 62.9 Å². The fraction of sp³-hybridized carbons (Fsp3) is 0.733. The van der Waals surface area contributed by atoms with Crippen LogP contribution in [0, 0.1) is 5.92 Å². The third-order valence-corrected chi connectivity index (χ3v) is 4.32. The fourth-order valence-corrected chi connectivity index (χ4v) is 2.69. The lowest BCUT2D eigenvalue weighted by atomic mass is 10.2. The predicted octanol–water partition coefficient (Wildman–Crippen LogP) is 2.82. The third kappa shape index (κ3) is 3.14. The van der Waals surface area contributed by atoms with Gasteiger partial charge in [0.1, 0.15) is 11.4 Å². The first-order chi connectivity index (χ1) is 10.0. The van der Waals surface area contributed by atoms with E-state index in [0.29, 0.717) is 23.1 Å². The molecule has 1 aliphatic carbocycles. The number of carbonyl (C=O) groups is 1. The van der Waals surface area contributed by atoms with Crippen molar-refractivity contribution < 1.29 is 9.53 Å². The second kappa shape index (κ2) is 6.37. The normalized spacial score (nSPS) is 16.0. The number of aromatic nitrogens is 2. The Hall–Kier alpha value is -1.72. The predicted molar refractivity (Wildman–Crippen MR) is 83.4 cm³/mol. The van der Waals surface area contributed by atoms with Gasteiger partial charge in [-0.25, -0.2) is 9.48 Å². The van der Waals surface area contributed by atoms with Crippen LogP contribution in [-0.2, 0) is 4.74 Å². The summed E-state index contributed by atoms with van der Waals surface area (Å²) in [6.07, 6.45) is 4.29. The number of ether oxygens (including phenoxy) is 1. The lowest BCUT2D eigenvalue weighted by molar-refractivity contribution is 0.0603. The number of anilines is 2. The summed E-state index contributed by atoms with van der Waals surface area (Å²) in [4.78, 5) is 12.0. The van der Waals surface area contributed by atoms with Crippen LogP contribution in [0.2, 0.25) is 0 Å². The molecular formula is C15H26N4O2. The van der Waals surface area contributed by atoms with E-state index in [9.17, 15) is 4.79 Å². The number of nitrogens with one attached hydrogen (secondary N) is 1. The molecule has 0 saturated heterocycles. The zero-order chi connectivity index (χ0) is 15.6. The van der Waals surface area contributed by atoms with Gasteiger partial charge in [0, 0.05) is 6.04 Å². The minimum atomic E-state index is -0.435. The summed E-state index contributed by atoms with van der Waals surface area (Å²) >= 11 is 0. The molecule has 1 atom stereocenters. The number of esters is 1. The van der Waals surface area contributed by atoms with E-state index < -0.39 is 5.97 Å². The van der Waals surface area contributed by atoms with Crippen LogP contribution in [0.15, 0.2) is 0 Å². The van der Waals surface area contributed by atoms with Crippen molar-refractivity contribution in [3.63, 3.8) is 0 Å². The molecule has 0 amide bonds. The Kier molecular flexibility index (Phi) is 4.75. The van der Waals surface area contributed by atoms with E-state index in [2.05, 4.69) is 31.2 Å². The van der Waals surface area contributed by atoms with Crippen LogP contribution < -0.4 is 11.1 Å². The molecule has 1 saturated carbocycles. The van der Waals surface area contributed by atoms with Crippen molar-refractivity contribution in [2.75, 3.05) is 18.2 Å². The smallest absolute Gasteiger partial charge is 0.345 e. The number of hydrogen-bond acceptors (Lipinski definition) is 5. The van der Waals surface area contributed by atoms with E-state index in [4.69, 9.17) is 10.5 Å². The van der Waals surface area contributed by atoms with Crippen LogP contribution in [0.25, 0.3) is 0 Å². The number of methoxy groups -OCH3 is 1. The van der Waals surface area contributed by atoms with E-state index in [1.807, 2.05) is 0 Å². The van der Waals surface area contributed by atoms with E-state index in [-0.39, 0.29) is 12.1 Å². The molecule has 0 bridgehead atoms. The Morgan fingerprint density at radius 3 is 2.57 bits per heavy atom. The van der Waals surface area contributed by atoms with Crippen LogP contribution >= 0.6 is 0 Å². The van der Waals surface area contributed by atoms with Gasteiger partial charge in [0.25, 0.3) is 0 Å². The number of rotatable bonds is 7. The summed E-state index contributed by atoms with van der Waals surface area (Å²) in [6, 6.07) is 0.484. The van der Waals surface area contributed by atoms with Gasteiger partial charge < -0.3 is 15.8 Å². The molecule has 6 heteroatoms. The monoisotopic (exact) mass is 294 g/mol. The molecule has 0 aromatic carbocycles. The highest BCUT2D eigenvalue weighted by Crippen LogP contribution is 2.35. The molecule has 1 unspecified atom stereocenters. The van der Waals surface area contributed by atoms with Gasteiger partial charge in [-0.2, -0.15) is 5.10 Å². The molecule has 21 heavy (non-hydrogen) atoms. The number of nitrogens with two attached hydrogens (primary N) is 1. The highest BCUT2D eigenvalue weighted by atomic mass is 16.5. The SMILES string of the molecule is CCC(CC)n1nc(NC(C)C2CC2)c(C(=O)OC)c1N. The summed E-state index contributed by atoms with van der Waals surface area (Å²) in [5.74, 6) is 1.16. The molecule has 6 nitrogen and oxygen atoms in total. The summed E-state index contributed by atoms with van der Waals surface area (Å²) < 4.78 is 6.62. The van der Waals surface area contributed by atoms with Crippen molar-refractivity contribution in [3.8, 4) is 0 Å². The summed E-state index contributed by atoms with van der Waals surface area (Å²) in [5, 5.41) is 7.89. The minimum Gasteiger partial charge on any atom is -0.465 e. The van der Waals surface area contributed by atoms with E-state index in [0.717, 1.165) is 12.8 Å². The van der Waals surface area contributed by atoms with Crippen LogP contribution in [0.5, 0.6) is 0 Å². The molecule has 1 aliphatic rings. The quantitative estimate of drug-likeness (QED) is 0.756. The molecule has 1 aromatic rings. The number of nitrogen functional groups attached to an aromatic ring is 1. The van der Waals surface area contributed by atoms with Gasteiger partial charge in [0.2, 0.25) is 0 Å². The summed E-state index contributed by atoms with van der Waals surface area (Å²) in [7, 11) is 1.37. The fourth-order valence-electron chi connectivity index (χ4n) is 2.69. The highest BCUT2D eigenvalue weighted by Gasteiger charge is 2.31. The summed E-state index contributed by atoms with van der Waals surface area (Å²) in [5.41, 5.74) is 6.52. The van der Waals surface area contributed by atoms with Crippen LogP contribution in [0.4, 0.5) is 11.6 Å². The van der Waals surface area contributed by atoms with Crippen molar-refractivity contribution in [1.82, 2.24) is 9.78 Å². The maximum absolute atomic E-state index is 12.0. The molecule has 1 heterocycles. The first-order valence-electron chi connectivity index (χ1n) is 7.76. The maximum atomic E-state index is 12.0. The molecule has 118 valence electrons. The Balaban J connectivity index is 2.35. The maximum Gasteiger partial charge on any atom is 0.345 e. The summed E-state index contributed by atoms with van der Waals surface area (Å²) in [6.45, 7) is 6.30. The second-order valence-electron chi connectivity index (χ2n) is 5.79. The van der Waals surface area contributed by atoms with Gasteiger partial charge in [0.15, 0.2) is 5.82 Å². The lowest BCUT2D eigenvalue weighted by Crippen LogP contribution is -2.19. The van der Waals surface area contributed by atoms with Crippen molar-refractivity contribution in [2.45, 2.75) is 58.5 Å². The topological polar surface area (TPSA) is 82.2 Å². The highest BCUT2D eigenvalue weighted by molar-refractivity contribution is 5.99. The average Bonchev–Trinajstić information content (AvgIpc) is 3.27. The molecule has 3 N–H and O–H groups in total. The standard InChI is InChI=1S/C15H26N4O2/c1-5-11(6-2)19-13(16)12(15(20)21-4)14(18-19)17-9(3)10-7-8-10/h9-11H,5-8,16H2,1-4H3,(H,17,18). The van der Waals surface area contributed by atoms with Crippen molar-refractivity contribution in [1.29, 1.82) is 0 Å². The molecule has 0 aliphatic heterocycles. The Morgan fingerprint density at radius 1 is 1.48 bits per heavy atom. The number of nitrogens with zero attached hydrogens (tertiary/aromatic N) is 2. The molecule has 0 spiro atoms. The Bertz CT molecular complexity index is 504. The van der Waals surface area contributed by atoms with Crippen LogP contribution in [0.3, 0.4) is 0 Å². The van der Waals surface area contributed by atoms with Gasteiger partial charge in [-0.1, -0.05) is 13.8 Å². The molecule has 1 fully saturated rings. The van der Waals surface area contributed by atoms with Gasteiger partial charge in [0.05, 0.1) is 13.2 Å². The van der Waals surface area contributed by atoms with Crippen LogP contribution in [-0.4, -0.2) is 28.9 Å². The lowest BCUT2D eigenvalue weighted by Gasteiger charge is -2.14. The zero-order valence-corrected chi connectivity index (χ0v) is 13.3. The largest absolute Gasteiger partial charge is 0.465 e. The third-order valence-electron chi connectivity index (χ3n) is 4.32. The van der Waals surface area contributed by atoms with Crippen molar-refractivity contribution in [2.24, 2.45) is 5.92 Å². The first kappa shape index (κ1) is 15.7. The van der Waals surface area contributed by atoms with E-state index in [1.165, 1.54) is 20.0 Å². The van der Waals surface area contributed by atoms with E-state index in [1.54, 1.807) is 4.68 Å². The van der Waals surface area contributed by atoms with Gasteiger partial charge in [-0.05, 0) is 38.5 Å². The van der Waals surface area contributed by atoms with Gasteiger partial charge in [-0.15, -0.1) is 0 Å². The van der Waals surface area contributed by atoms with Gasteiger partial charge in [-0.3, -0.25) is 0 Å². The van der Waals surface area contributed by atoms with Gasteiger partial charge >= 0.3 is 5.97 Å².